The van der Waals surface area contributed by atoms with E-state index in [0.717, 1.165) is 42.3 Å². The summed E-state index contributed by atoms with van der Waals surface area (Å²) >= 11 is 0. The molecule has 2 amide bonds. The van der Waals surface area contributed by atoms with Crippen molar-refractivity contribution in [2.75, 3.05) is 11.1 Å². The number of hydrogen-bond acceptors (Lipinski definition) is 6. The molecule has 42 heavy (non-hydrogen) atoms. The molecule has 9 nitrogen and oxygen atoms in total. The molecule has 4 aromatic rings. The van der Waals surface area contributed by atoms with Crippen molar-refractivity contribution in [3.63, 3.8) is 0 Å². The van der Waals surface area contributed by atoms with Crippen LogP contribution in [-0.4, -0.2) is 37.6 Å². The number of aryl methyl sites for hydroxylation is 1. The summed E-state index contributed by atoms with van der Waals surface area (Å²) in [5.74, 6) is -0.461. The van der Waals surface area contributed by atoms with Crippen molar-refractivity contribution in [3.8, 4) is 11.3 Å². The first-order valence-corrected chi connectivity index (χ1v) is 13.6. The number of nitrogens with one attached hydrogen (secondary N) is 2. The van der Waals surface area contributed by atoms with Crippen molar-refractivity contribution >= 4 is 34.4 Å². The van der Waals surface area contributed by atoms with Crippen LogP contribution in [0.5, 0.6) is 0 Å². The average Bonchev–Trinajstić information content (AvgIpc) is 3.35. The van der Waals surface area contributed by atoms with Crippen LogP contribution in [0.3, 0.4) is 0 Å². The summed E-state index contributed by atoms with van der Waals surface area (Å²) in [5.41, 5.74) is 8.80. The number of allylic oxidation sites excluding steroid dienone is 2. The minimum absolute atomic E-state index is 0.0288. The Morgan fingerprint density at radius 1 is 1.14 bits per heavy atom. The molecule has 1 atom stereocenters. The summed E-state index contributed by atoms with van der Waals surface area (Å²) in [4.78, 5) is 33.3. The van der Waals surface area contributed by atoms with Crippen LogP contribution in [0.25, 0.3) is 22.2 Å². The molecule has 12 heteroatoms. The fourth-order valence-electron chi connectivity index (χ4n) is 4.90. The topological polar surface area (TPSA) is 128 Å². The maximum absolute atomic E-state index is 13.0. The van der Waals surface area contributed by atoms with Gasteiger partial charge in [-0.2, -0.15) is 18.3 Å². The maximum atomic E-state index is 13.0. The van der Waals surface area contributed by atoms with E-state index in [9.17, 15) is 22.8 Å². The minimum Gasteiger partial charge on any atom is -0.383 e. The number of hydrogen-bond donors (Lipinski definition) is 3. The van der Waals surface area contributed by atoms with Crippen molar-refractivity contribution in [3.05, 3.63) is 77.6 Å². The van der Waals surface area contributed by atoms with E-state index in [-0.39, 0.29) is 23.3 Å². The summed E-state index contributed by atoms with van der Waals surface area (Å²) in [6, 6.07) is 8.10. The van der Waals surface area contributed by atoms with Crippen LogP contribution in [0.4, 0.5) is 24.8 Å². The lowest BCUT2D eigenvalue weighted by molar-refractivity contribution is -0.137. The van der Waals surface area contributed by atoms with Gasteiger partial charge in [-0.1, -0.05) is 24.3 Å². The van der Waals surface area contributed by atoms with Gasteiger partial charge in [0.15, 0.2) is 0 Å². The molecule has 1 aromatic carbocycles. The van der Waals surface area contributed by atoms with Gasteiger partial charge in [0.05, 0.1) is 16.5 Å². The number of amides is 2. The number of benzene rings is 1. The number of nitrogen functional groups attached to an aromatic ring is 1. The number of rotatable bonds is 3. The molecule has 5 rings (SSSR count). The van der Waals surface area contributed by atoms with Gasteiger partial charge >= 0.3 is 6.18 Å². The van der Waals surface area contributed by atoms with Crippen molar-refractivity contribution < 1.29 is 22.8 Å². The number of aromatic nitrogens is 4. The molecule has 0 radical (unpaired) electrons. The van der Waals surface area contributed by atoms with Gasteiger partial charge < -0.3 is 16.4 Å². The Labute approximate surface area is 240 Å². The maximum Gasteiger partial charge on any atom is 0.416 e. The van der Waals surface area contributed by atoms with Gasteiger partial charge in [0.2, 0.25) is 5.91 Å². The van der Waals surface area contributed by atoms with Crippen LogP contribution in [0.15, 0.2) is 60.9 Å². The van der Waals surface area contributed by atoms with E-state index >= 15 is 0 Å². The van der Waals surface area contributed by atoms with Gasteiger partial charge in [0, 0.05) is 48.1 Å². The highest BCUT2D eigenvalue weighted by atomic mass is 19.4. The molecule has 1 aliphatic rings. The van der Waals surface area contributed by atoms with E-state index in [1.54, 1.807) is 30.5 Å². The van der Waals surface area contributed by atoms with E-state index in [4.69, 9.17) is 10.8 Å². The summed E-state index contributed by atoms with van der Waals surface area (Å²) in [7, 11) is 0. The fourth-order valence-corrected chi connectivity index (χ4v) is 4.90. The number of nitrogens with zero attached hydrogens (tertiary/aromatic N) is 4. The van der Waals surface area contributed by atoms with Gasteiger partial charge in [0.25, 0.3) is 5.91 Å². The van der Waals surface area contributed by atoms with E-state index in [1.807, 2.05) is 11.6 Å². The summed E-state index contributed by atoms with van der Waals surface area (Å²) in [6.07, 6.45) is 5.64. The van der Waals surface area contributed by atoms with Crippen LogP contribution >= 0.6 is 0 Å². The Morgan fingerprint density at radius 3 is 2.69 bits per heavy atom. The predicted octanol–water partition coefficient (Wildman–Crippen LogP) is 5.52. The standard InChI is InChI=1S/C30H30F3N7O2/c1-18-13-15-40-27-21(6-4-2-3-5-7-24(41)37-18)17-36-28(34)25(27)26(39-40)19-8-10-20(11-9-19)29(42)38-23-16-22(12-14-35-23)30(31,32)33/h2,4,8-12,14,16-18H,3,5-7,13,15H2,1H3,(H2,34,36)(H,37,41)(H,35,38,42)/b4-2+/t18-/m1/s1. The van der Waals surface area contributed by atoms with E-state index in [1.165, 1.54) is 0 Å². The Balaban J connectivity index is 1.46. The molecule has 0 bridgehead atoms. The lowest BCUT2D eigenvalue weighted by Crippen LogP contribution is -2.33. The SMILES string of the molecule is C[C@@H]1CCn2nc(-c3ccc(C(=O)Nc4cc(C(F)(F)F)ccn4)cc3)c3c(N)ncc(c32)C/C=C/CCCC(=O)N1. The Kier molecular flexibility index (Phi) is 8.23. The van der Waals surface area contributed by atoms with Gasteiger partial charge in [-0.3, -0.25) is 14.3 Å². The number of pyridine rings is 2. The number of anilines is 2. The lowest BCUT2D eigenvalue weighted by atomic mass is 10.0. The van der Waals surface area contributed by atoms with Crippen LogP contribution in [-0.2, 0) is 23.9 Å². The first kappa shape index (κ1) is 28.8. The van der Waals surface area contributed by atoms with Crippen LogP contribution in [0, 0.1) is 0 Å². The van der Waals surface area contributed by atoms with E-state index < -0.39 is 17.6 Å². The van der Waals surface area contributed by atoms with Crippen molar-refractivity contribution in [1.29, 1.82) is 0 Å². The molecule has 0 spiro atoms. The molecule has 218 valence electrons. The average molecular weight is 578 g/mol. The van der Waals surface area contributed by atoms with Crippen LogP contribution in [0.1, 0.15) is 54.1 Å². The number of alkyl halides is 3. The van der Waals surface area contributed by atoms with E-state index in [0.29, 0.717) is 48.3 Å². The van der Waals surface area contributed by atoms with Gasteiger partial charge in [-0.05, 0) is 56.9 Å². The molecule has 0 unspecified atom stereocenters. The molecular formula is C30H30F3N7O2. The molecule has 3 aromatic heterocycles. The molecule has 0 saturated carbocycles. The van der Waals surface area contributed by atoms with Gasteiger partial charge in [-0.25, -0.2) is 9.97 Å². The summed E-state index contributed by atoms with van der Waals surface area (Å²) in [5, 5.41) is 11.0. The normalized spacial score (nSPS) is 17.3. The second kappa shape index (κ2) is 12.0. The van der Waals surface area contributed by atoms with Crippen LogP contribution in [0.2, 0.25) is 0 Å². The monoisotopic (exact) mass is 577 g/mol. The number of nitrogens with two attached hydrogens (primary N) is 1. The summed E-state index contributed by atoms with van der Waals surface area (Å²) in [6.45, 7) is 2.49. The van der Waals surface area contributed by atoms with E-state index in [2.05, 4.69) is 32.8 Å². The second-order valence-corrected chi connectivity index (χ2v) is 10.2. The van der Waals surface area contributed by atoms with Crippen molar-refractivity contribution in [1.82, 2.24) is 25.1 Å². The highest BCUT2D eigenvalue weighted by molar-refractivity contribution is 6.05. The van der Waals surface area contributed by atoms with Crippen molar-refractivity contribution in [2.24, 2.45) is 0 Å². The predicted molar refractivity (Wildman–Crippen MR) is 153 cm³/mol. The second-order valence-electron chi connectivity index (χ2n) is 10.2. The van der Waals surface area contributed by atoms with Gasteiger partial charge in [-0.15, -0.1) is 0 Å². The highest BCUT2D eigenvalue weighted by Gasteiger charge is 2.31. The first-order chi connectivity index (χ1) is 20.1. The molecular weight excluding hydrogens is 547 g/mol. The molecule has 4 heterocycles. The first-order valence-electron chi connectivity index (χ1n) is 13.6. The third-order valence-corrected chi connectivity index (χ3v) is 7.08. The molecule has 0 fully saturated rings. The molecule has 0 saturated heterocycles. The van der Waals surface area contributed by atoms with Gasteiger partial charge in [0.1, 0.15) is 17.3 Å². The zero-order valence-electron chi connectivity index (χ0n) is 22.9. The minimum atomic E-state index is -4.55. The molecule has 0 aliphatic carbocycles. The zero-order chi connectivity index (χ0) is 29.9. The Hall–Kier alpha value is -4.74. The largest absolute Gasteiger partial charge is 0.416 e. The number of halogens is 3. The summed E-state index contributed by atoms with van der Waals surface area (Å²) < 4.78 is 41.0. The van der Waals surface area contributed by atoms with Crippen LogP contribution < -0.4 is 16.4 Å². The quantitative estimate of drug-likeness (QED) is 0.275. The third kappa shape index (κ3) is 6.42. The Morgan fingerprint density at radius 2 is 1.93 bits per heavy atom. The lowest BCUT2D eigenvalue weighted by Gasteiger charge is -2.15. The smallest absolute Gasteiger partial charge is 0.383 e. The third-order valence-electron chi connectivity index (χ3n) is 7.08. The number of carbonyl (C=O) groups excluding carboxylic acids is 2. The highest BCUT2D eigenvalue weighted by Crippen LogP contribution is 2.34. The zero-order valence-corrected chi connectivity index (χ0v) is 22.9. The van der Waals surface area contributed by atoms with Crippen molar-refractivity contribution in [2.45, 2.75) is 57.8 Å². The Bertz CT molecular complexity index is 1650. The number of carbonyl (C=O) groups is 2. The molecule has 1 aliphatic heterocycles. The fraction of sp³-hybridized carbons (Fsp3) is 0.300. The molecule has 4 N–H and O–H groups in total.